The van der Waals surface area contributed by atoms with Crippen molar-refractivity contribution in [2.75, 3.05) is 16.8 Å². The molecule has 126 valence electrons. The quantitative estimate of drug-likeness (QED) is 0.893. The lowest BCUT2D eigenvalue weighted by atomic mass is 9.99. The standard InChI is InChI=1S/C21H26N2O/c1-15(2)18-11-5-6-12-19(18)22-21(24)16(3)23-14-8-10-17-9-4-7-13-20(17)23/h4-7,9,11-13,15-16H,8,10,14H2,1-3H3,(H,22,24). The minimum Gasteiger partial charge on any atom is -0.360 e. The smallest absolute Gasteiger partial charge is 0.246 e. The second kappa shape index (κ2) is 7.08. The number of hydrogen-bond donors (Lipinski definition) is 1. The highest BCUT2D eigenvalue weighted by atomic mass is 16.2. The van der Waals surface area contributed by atoms with Crippen molar-refractivity contribution in [1.82, 2.24) is 0 Å². The van der Waals surface area contributed by atoms with Crippen molar-refractivity contribution in [3.8, 4) is 0 Å². The third-order valence-electron chi connectivity index (χ3n) is 4.83. The fraction of sp³-hybridized carbons (Fsp3) is 0.381. The predicted molar refractivity (Wildman–Crippen MR) is 101 cm³/mol. The van der Waals surface area contributed by atoms with Gasteiger partial charge in [-0.25, -0.2) is 0 Å². The minimum absolute atomic E-state index is 0.0554. The second-order valence-corrected chi connectivity index (χ2v) is 6.83. The summed E-state index contributed by atoms with van der Waals surface area (Å²) in [5.74, 6) is 0.437. The molecular formula is C21H26N2O. The SMILES string of the molecule is CC(C)c1ccccc1NC(=O)C(C)N1CCCc2ccccc21. The summed E-state index contributed by atoms with van der Waals surface area (Å²) in [5.41, 5.74) is 4.64. The normalized spacial score (nSPS) is 15.1. The number of para-hydroxylation sites is 2. The minimum atomic E-state index is -0.188. The third-order valence-corrected chi connectivity index (χ3v) is 4.83. The molecule has 1 aliphatic rings. The lowest BCUT2D eigenvalue weighted by Gasteiger charge is -2.35. The molecule has 1 unspecified atom stereocenters. The molecule has 3 rings (SSSR count). The summed E-state index contributed by atoms with van der Waals surface area (Å²) in [6.07, 6.45) is 2.19. The molecule has 0 saturated carbocycles. The van der Waals surface area contributed by atoms with Gasteiger partial charge in [-0.15, -0.1) is 0 Å². The first-order valence-corrected chi connectivity index (χ1v) is 8.82. The maximum absolute atomic E-state index is 12.8. The number of benzene rings is 2. The Balaban J connectivity index is 1.79. The molecule has 1 aliphatic heterocycles. The first-order valence-electron chi connectivity index (χ1n) is 8.82. The fourth-order valence-corrected chi connectivity index (χ4v) is 3.46. The van der Waals surface area contributed by atoms with Crippen LogP contribution in [0, 0.1) is 0 Å². The molecule has 24 heavy (non-hydrogen) atoms. The van der Waals surface area contributed by atoms with Crippen LogP contribution in [-0.2, 0) is 11.2 Å². The Morgan fingerprint density at radius 2 is 1.75 bits per heavy atom. The highest BCUT2D eigenvalue weighted by molar-refractivity contribution is 5.97. The number of hydrogen-bond acceptors (Lipinski definition) is 2. The number of amides is 1. The molecule has 1 N–H and O–H groups in total. The number of carbonyl (C=O) groups excluding carboxylic acids is 1. The lowest BCUT2D eigenvalue weighted by Crippen LogP contribution is -2.44. The highest BCUT2D eigenvalue weighted by Gasteiger charge is 2.26. The van der Waals surface area contributed by atoms with Crippen molar-refractivity contribution >= 4 is 17.3 Å². The second-order valence-electron chi connectivity index (χ2n) is 6.83. The van der Waals surface area contributed by atoms with E-state index in [1.807, 2.05) is 25.1 Å². The Labute approximate surface area is 144 Å². The molecule has 3 heteroatoms. The molecule has 0 radical (unpaired) electrons. The van der Waals surface area contributed by atoms with Crippen LogP contribution >= 0.6 is 0 Å². The Morgan fingerprint density at radius 1 is 1.04 bits per heavy atom. The van der Waals surface area contributed by atoms with E-state index < -0.39 is 0 Å². The van der Waals surface area contributed by atoms with Crippen LogP contribution in [0.25, 0.3) is 0 Å². The average molecular weight is 322 g/mol. The maximum atomic E-state index is 12.8. The molecule has 0 spiro atoms. The van der Waals surface area contributed by atoms with Gasteiger partial charge < -0.3 is 10.2 Å². The summed E-state index contributed by atoms with van der Waals surface area (Å²) in [6.45, 7) is 7.22. The molecule has 0 bridgehead atoms. The number of aryl methyl sites for hydroxylation is 1. The highest BCUT2D eigenvalue weighted by Crippen LogP contribution is 2.29. The van der Waals surface area contributed by atoms with Gasteiger partial charge in [-0.05, 0) is 48.9 Å². The van der Waals surface area contributed by atoms with Gasteiger partial charge in [-0.1, -0.05) is 50.2 Å². The lowest BCUT2D eigenvalue weighted by molar-refractivity contribution is -0.117. The van der Waals surface area contributed by atoms with Gasteiger partial charge in [-0.3, -0.25) is 4.79 Å². The van der Waals surface area contributed by atoms with Crippen LogP contribution in [0.1, 0.15) is 44.2 Å². The zero-order valence-corrected chi connectivity index (χ0v) is 14.8. The Kier molecular flexibility index (Phi) is 4.89. The number of anilines is 2. The summed E-state index contributed by atoms with van der Waals surface area (Å²) < 4.78 is 0. The number of fused-ring (bicyclic) bond motifs is 1. The van der Waals surface area contributed by atoms with E-state index in [2.05, 4.69) is 54.4 Å². The first-order chi connectivity index (χ1) is 11.6. The Bertz CT molecular complexity index is 723. The zero-order valence-electron chi connectivity index (χ0n) is 14.8. The van der Waals surface area contributed by atoms with E-state index in [-0.39, 0.29) is 11.9 Å². The maximum Gasteiger partial charge on any atom is 0.246 e. The number of nitrogens with one attached hydrogen (secondary N) is 1. The molecule has 1 amide bonds. The predicted octanol–water partition coefficient (Wildman–Crippen LogP) is 4.59. The largest absolute Gasteiger partial charge is 0.360 e. The van der Waals surface area contributed by atoms with Gasteiger partial charge in [0.15, 0.2) is 0 Å². The van der Waals surface area contributed by atoms with E-state index in [0.29, 0.717) is 5.92 Å². The van der Waals surface area contributed by atoms with Crippen molar-refractivity contribution < 1.29 is 4.79 Å². The molecule has 0 aromatic heterocycles. The number of rotatable bonds is 4. The van der Waals surface area contributed by atoms with Gasteiger partial charge in [0.1, 0.15) is 6.04 Å². The monoisotopic (exact) mass is 322 g/mol. The van der Waals surface area contributed by atoms with Crippen LogP contribution in [0.4, 0.5) is 11.4 Å². The van der Waals surface area contributed by atoms with E-state index in [4.69, 9.17) is 0 Å². The van der Waals surface area contributed by atoms with Crippen molar-refractivity contribution in [3.63, 3.8) is 0 Å². The summed E-state index contributed by atoms with van der Waals surface area (Å²) in [7, 11) is 0. The average Bonchev–Trinajstić information content (AvgIpc) is 2.61. The van der Waals surface area contributed by atoms with E-state index >= 15 is 0 Å². The van der Waals surface area contributed by atoms with Crippen LogP contribution in [0.15, 0.2) is 48.5 Å². The zero-order chi connectivity index (χ0) is 17.1. The summed E-state index contributed by atoms with van der Waals surface area (Å²) in [6, 6.07) is 16.3. The molecule has 0 saturated heterocycles. The third kappa shape index (κ3) is 3.30. The Hall–Kier alpha value is -2.29. The van der Waals surface area contributed by atoms with Gasteiger partial charge in [-0.2, -0.15) is 0 Å². The summed E-state index contributed by atoms with van der Waals surface area (Å²) >= 11 is 0. The van der Waals surface area contributed by atoms with E-state index in [1.165, 1.54) is 16.8 Å². The van der Waals surface area contributed by atoms with Crippen LogP contribution in [0.2, 0.25) is 0 Å². The van der Waals surface area contributed by atoms with E-state index in [9.17, 15) is 4.79 Å². The number of carbonyl (C=O) groups is 1. The Morgan fingerprint density at radius 3 is 2.54 bits per heavy atom. The van der Waals surface area contributed by atoms with Crippen molar-refractivity contribution in [3.05, 3.63) is 59.7 Å². The molecule has 0 aliphatic carbocycles. The molecule has 2 aromatic carbocycles. The van der Waals surface area contributed by atoms with Crippen molar-refractivity contribution in [2.45, 2.75) is 45.6 Å². The van der Waals surface area contributed by atoms with Gasteiger partial charge in [0, 0.05) is 17.9 Å². The van der Waals surface area contributed by atoms with Gasteiger partial charge >= 0.3 is 0 Å². The van der Waals surface area contributed by atoms with Crippen LogP contribution in [0.5, 0.6) is 0 Å². The molecular weight excluding hydrogens is 296 g/mol. The van der Waals surface area contributed by atoms with Crippen LogP contribution in [0.3, 0.4) is 0 Å². The molecule has 0 fully saturated rings. The fourth-order valence-electron chi connectivity index (χ4n) is 3.46. The van der Waals surface area contributed by atoms with Crippen LogP contribution in [-0.4, -0.2) is 18.5 Å². The van der Waals surface area contributed by atoms with Gasteiger partial charge in [0.2, 0.25) is 5.91 Å². The van der Waals surface area contributed by atoms with Gasteiger partial charge in [0.25, 0.3) is 0 Å². The van der Waals surface area contributed by atoms with E-state index in [0.717, 1.165) is 25.1 Å². The van der Waals surface area contributed by atoms with Crippen molar-refractivity contribution in [2.24, 2.45) is 0 Å². The topological polar surface area (TPSA) is 32.3 Å². The summed E-state index contributed by atoms with van der Waals surface area (Å²) in [4.78, 5) is 15.1. The van der Waals surface area contributed by atoms with Crippen molar-refractivity contribution in [1.29, 1.82) is 0 Å². The molecule has 2 aromatic rings. The first kappa shape index (κ1) is 16.6. The molecule has 3 nitrogen and oxygen atoms in total. The molecule has 1 heterocycles. The molecule has 1 atom stereocenters. The van der Waals surface area contributed by atoms with Gasteiger partial charge in [0.05, 0.1) is 0 Å². The number of nitrogens with zero attached hydrogens (tertiary/aromatic N) is 1. The van der Waals surface area contributed by atoms with E-state index in [1.54, 1.807) is 0 Å². The summed E-state index contributed by atoms with van der Waals surface area (Å²) in [5, 5.41) is 3.14. The van der Waals surface area contributed by atoms with Crippen LogP contribution < -0.4 is 10.2 Å².